The first-order valence-corrected chi connectivity index (χ1v) is 2.65. The Hall–Kier alpha value is -0.760. The van der Waals surface area contributed by atoms with Crippen LogP contribution in [0, 0.1) is 11.3 Å². The fourth-order valence-corrected chi connectivity index (χ4v) is 0.676. The maximum Gasteiger partial charge on any atom is 0.417 e. The highest BCUT2D eigenvalue weighted by Gasteiger charge is 2.57. The molecule has 0 aliphatic carbocycles. The summed E-state index contributed by atoms with van der Waals surface area (Å²) in [4.78, 5) is 0. The largest absolute Gasteiger partial charge is 0.417 e. The van der Waals surface area contributed by atoms with E-state index in [4.69, 9.17) is 5.26 Å². The molecule has 1 rings (SSSR count). The van der Waals surface area contributed by atoms with Crippen LogP contribution in [-0.4, -0.2) is 18.4 Å². The Kier molecular flexibility index (Phi) is 1.57. The predicted molar refractivity (Wildman–Crippen MR) is 24.9 cm³/mol. The van der Waals surface area contributed by atoms with Crippen molar-refractivity contribution in [3.05, 3.63) is 0 Å². The molecule has 1 fully saturated rings. The van der Waals surface area contributed by atoms with Crippen molar-refractivity contribution in [2.75, 3.05) is 0 Å². The minimum atomic E-state index is -4.29. The van der Waals surface area contributed by atoms with Crippen LogP contribution in [0.4, 0.5) is 13.2 Å². The molecule has 1 heterocycles. The highest BCUT2D eigenvalue weighted by atomic mass is 19.4. The van der Waals surface area contributed by atoms with Gasteiger partial charge < -0.3 is 4.74 Å². The van der Waals surface area contributed by atoms with Crippen LogP contribution in [0.3, 0.4) is 0 Å². The van der Waals surface area contributed by atoms with Gasteiger partial charge in [0, 0.05) is 0 Å². The Morgan fingerprint density at radius 3 is 2.40 bits per heavy atom. The number of halogens is 3. The van der Waals surface area contributed by atoms with Crippen molar-refractivity contribution in [1.82, 2.24) is 0 Å². The van der Waals surface area contributed by atoms with Gasteiger partial charge in [-0.3, -0.25) is 0 Å². The molecule has 2 nitrogen and oxygen atoms in total. The van der Waals surface area contributed by atoms with Gasteiger partial charge >= 0.3 is 6.18 Å². The van der Waals surface area contributed by atoms with E-state index in [0.717, 1.165) is 0 Å². The lowest BCUT2D eigenvalue weighted by Gasteiger charge is -1.98. The monoisotopic (exact) mass is 151 g/mol. The number of alkyl halides is 3. The Morgan fingerprint density at radius 2 is 2.10 bits per heavy atom. The third kappa shape index (κ3) is 1.39. The zero-order chi connectivity index (χ0) is 7.78. The number of epoxide rings is 1. The molecule has 0 saturated carbocycles. The van der Waals surface area contributed by atoms with Crippen molar-refractivity contribution >= 4 is 0 Å². The minimum absolute atomic E-state index is 0.176. The van der Waals surface area contributed by atoms with Gasteiger partial charge in [-0.25, -0.2) is 0 Å². The third-order valence-electron chi connectivity index (χ3n) is 1.20. The van der Waals surface area contributed by atoms with Gasteiger partial charge in [0.25, 0.3) is 0 Å². The Bertz CT molecular complexity index is 171. The van der Waals surface area contributed by atoms with E-state index in [-0.39, 0.29) is 6.42 Å². The molecular formula is C5H4F3NO. The van der Waals surface area contributed by atoms with E-state index in [2.05, 4.69) is 4.74 Å². The van der Waals surface area contributed by atoms with Crippen molar-refractivity contribution in [3.8, 4) is 6.07 Å². The molecule has 0 amide bonds. The molecule has 0 aromatic heterocycles. The lowest BCUT2D eigenvalue weighted by Crippen LogP contribution is -2.18. The first kappa shape index (κ1) is 7.35. The Balaban J connectivity index is 2.33. The van der Waals surface area contributed by atoms with Crippen molar-refractivity contribution in [2.45, 2.75) is 24.8 Å². The number of hydrogen-bond acceptors (Lipinski definition) is 2. The van der Waals surface area contributed by atoms with E-state index in [1.807, 2.05) is 0 Å². The number of rotatable bonds is 1. The lowest BCUT2D eigenvalue weighted by atomic mass is 10.2. The van der Waals surface area contributed by atoms with Gasteiger partial charge in [0.15, 0.2) is 6.10 Å². The summed E-state index contributed by atoms with van der Waals surface area (Å²) >= 11 is 0. The molecule has 10 heavy (non-hydrogen) atoms. The zero-order valence-electron chi connectivity index (χ0n) is 4.85. The highest BCUT2D eigenvalue weighted by molar-refractivity contribution is 4.96. The smallest absolute Gasteiger partial charge is 0.359 e. The van der Waals surface area contributed by atoms with Crippen molar-refractivity contribution < 1.29 is 17.9 Å². The van der Waals surface area contributed by atoms with Crippen LogP contribution >= 0.6 is 0 Å². The molecule has 5 heteroatoms. The highest BCUT2D eigenvalue weighted by Crippen LogP contribution is 2.38. The van der Waals surface area contributed by atoms with Gasteiger partial charge in [-0.1, -0.05) is 0 Å². The molecule has 0 N–H and O–H groups in total. The number of ether oxygens (including phenoxy) is 1. The molecular weight excluding hydrogens is 147 g/mol. The van der Waals surface area contributed by atoms with E-state index in [1.165, 1.54) is 0 Å². The molecule has 0 bridgehead atoms. The Labute approximate surface area is 55.2 Å². The van der Waals surface area contributed by atoms with E-state index >= 15 is 0 Å². The van der Waals surface area contributed by atoms with Gasteiger partial charge in [-0.05, 0) is 0 Å². The fraction of sp³-hybridized carbons (Fsp3) is 0.800. The van der Waals surface area contributed by atoms with Gasteiger partial charge in [0.05, 0.1) is 12.5 Å². The van der Waals surface area contributed by atoms with E-state index in [1.54, 1.807) is 6.07 Å². The summed E-state index contributed by atoms with van der Waals surface area (Å²) in [6.45, 7) is 0. The van der Waals surface area contributed by atoms with Crippen molar-refractivity contribution in [2.24, 2.45) is 0 Å². The molecule has 1 aliphatic heterocycles. The number of nitriles is 1. The topological polar surface area (TPSA) is 36.3 Å². The summed E-state index contributed by atoms with van der Waals surface area (Å²) in [6, 6.07) is 1.61. The van der Waals surface area contributed by atoms with Crippen molar-refractivity contribution in [3.63, 3.8) is 0 Å². The first-order valence-electron chi connectivity index (χ1n) is 2.65. The molecule has 0 aromatic carbocycles. The SMILES string of the molecule is N#CCC1OC1C(F)(F)F. The lowest BCUT2D eigenvalue weighted by molar-refractivity contribution is -0.146. The second kappa shape index (κ2) is 2.13. The summed E-state index contributed by atoms with van der Waals surface area (Å²) in [5.41, 5.74) is 0. The second-order valence-corrected chi connectivity index (χ2v) is 2.00. The van der Waals surface area contributed by atoms with E-state index in [9.17, 15) is 13.2 Å². The van der Waals surface area contributed by atoms with Crippen LogP contribution in [0.25, 0.3) is 0 Å². The molecule has 1 aliphatic rings. The van der Waals surface area contributed by atoms with Gasteiger partial charge in [-0.2, -0.15) is 18.4 Å². The standard InChI is InChI=1S/C5H4F3NO/c6-5(7,8)4-3(10-4)1-2-9/h3-4H,1H2. The summed E-state index contributed by atoms with van der Waals surface area (Å²) in [5.74, 6) is 0. The predicted octanol–water partition coefficient (Wildman–Crippen LogP) is 1.23. The maximum absolute atomic E-state index is 11.6. The maximum atomic E-state index is 11.6. The number of hydrogen-bond donors (Lipinski definition) is 0. The molecule has 0 spiro atoms. The quantitative estimate of drug-likeness (QED) is 0.528. The van der Waals surface area contributed by atoms with Gasteiger partial charge in [0.1, 0.15) is 6.10 Å². The average Bonchev–Trinajstić information content (AvgIpc) is 2.44. The Morgan fingerprint density at radius 1 is 1.50 bits per heavy atom. The zero-order valence-corrected chi connectivity index (χ0v) is 4.85. The van der Waals surface area contributed by atoms with Crippen LogP contribution in [0.1, 0.15) is 6.42 Å². The summed E-state index contributed by atoms with van der Waals surface area (Å²) in [5, 5.41) is 7.96. The molecule has 0 radical (unpaired) electrons. The van der Waals surface area contributed by atoms with E-state index in [0.29, 0.717) is 0 Å². The average molecular weight is 151 g/mol. The van der Waals surface area contributed by atoms with E-state index < -0.39 is 18.4 Å². The molecule has 56 valence electrons. The molecule has 0 aromatic rings. The second-order valence-electron chi connectivity index (χ2n) is 2.00. The summed E-state index contributed by atoms with van der Waals surface area (Å²) in [7, 11) is 0. The molecule has 1 saturated heterocycles. The molecule has 2 atom stereocenters. The van der Waals surface area contributed by atoms with Crippen LogP contribution in [0.15, 0.2) is 0 Å². The van der Waals surface area contributed by atoms with Crippen LogP contribution in [0.2, 0.25) is 0 Å². The third-order valence-corrected chi connectivity index (χ3v) is 1.20. The van der Waals surface area contributed by atoms with Gasteiger partial charge in [-0.15, -0.1) is 0 Å². The van der Waals surface area contributed by atoms with Crippen LogP contribution < -0.4 is 0 Å². The van der Waals surface area contributed by atoms with Crippen molar-refractivity contribution in [1.29, 1.82) is 5.26 Å². The fourth-order valence-electron chi connectivity index (χ4n) is 0.676. The van der Waals surface area contributed by atoms with Gasteiger partial charge in [0.2, 0.25) is 0 Å². The normalized spacial score (nSPS) is 31.4. The number of nitrogens with zero attached hydrogens (tertiary/aromatic N) is 1. The van der Waals surface area contributed by atoms with Crippen LogP contribution in [0.5, 0.6) is 0 Å². The summed E-state index contributed by atoms with van der Waals surface area (Å²) in [6.07, 6.45) is -7.07. The minimum Gasteiger partial charge on any atom is -0.359 e. The summed E-state index contributed by atoms with van der Waals surface area (Å²) < 4.78 is 38.9. The van der Waals surface area contributed by atoms with Crippen LogP contribution in [-0.2, 0) is 4.74 Å². The molecule has 2 unspecified atom stereocenters. The first-order chi connectivity index (χ1) is 4.55.